The second-order valence-corrected chi connectivity index (χ2v) is 5.22. The minimum absolute atomic E-state index is 0.443. The van der Waals surface area contributed by atoms with Crippen molar-refractivity contribution in [2.24, 2.45) is 0 Å². The molecule has 0 aromatic carbocycles. The van der Waals surface area contributed by atoms with Gasteiger partial charge in [-0.05, 0) is 12.8 Å². The van der Waals surface area contributed by atoms with Gasteiger partial charge < -0.3 is 9.67 Å². The fourth-order valence-electron chi connectivity index (χ4n) is 1.81. The molecule has 0 saturated carbocycles. The highest BCUT2D eigenvalue weighted by Crippen LogP contribution is 2.27. The van der Waals surface area contributed by atoms with Crippen molar-refractivity contribution in [3.63, 3.8) is 0 Å². The lowest BCUT2D eigenvalue weighted by Crippen LogP contribution is -2.30. The van der Waals surface area contributed by atoms with Crippen LogP contribution in [0.1, 0.15) is 25.1 Å². The Bertz CT molecular complexity index is 408. The number of fused-ring (bicyclic) bond motifs is 1. The van der Waals surface area contributed by atoms with Gasteiger partial charge in [0.15, 0.2) is 11.3 Å². The van der Waals surface area contributed by atoms with Crippen molar-refractivity contribution in [3.8, 4) is 0 Å². The lowest BCUT2D eigenvalue weighted by Gasteiger charge is -2.13. The summed E-state index contributed by atoms with van der Waals surface area (Å²) >= 11 is 0.905. The zero-order valence-corrected chi connectivity index (χ0v) is 10.5. The van der Waals surface area contributed by atoms with Crippen LogP contribution in [0, 0.1) is 0 Å². The quantitative estimate of drug-likeness (QED) is 0.861. The average molecular weight is 281 g/mol. The van der Waals surface area contributed by atoms with Crippen LogP contribution in [0.4, 0.5) is 13.2 Å². The second kappa shape index (κ2) is 5.48. The van der Waals surface area contributed by atoms with Gasteiger partial charge in [-0.3, -0.25) is 0 Å². The standard InChI is InChI=1S/C10H14F3N3OS/c11-10(12,13)7(17)6-18-9-15-14-8-4-2-1-3-5-16(8)9/h7,17H,1-6H2. The van der Waals surface area contributed by atoms with Gasteiger partial charge in [0, 0.05) is 18.7 Å². The Morgan fingerprint density at radius 3 is 2.78 bits per heavy atom. The maximum atomic E-state index is 12.2. The topological polar surface area (TPSA) is 50.9 Å². The molecule has 0 saturated heterocycles. The number of halogens is 3. The third kappa shape index (κ3) is 3.17. The maximum Gasteiger partial charge on any atom is 0.415 e. The van der Waals surface area contributed by atoms with Crippen molar-refractivity contribution in [3.05, 3.63) is 5.82 Å². The van der Waals surface area contributed by atoms with E-state index in [0.29, 0.717) is 5.16 Å². The van der Waals surface area contributed by atoms with Crippen LogP contribution in [0.15, 0.2) is 5.16 Å². The molecule has 1 N–H and O–H groups in total. The van der Waals surface area contributed by atoms with E-state index in [0.717, 1.165) is 49.8 Å². The lowest BCUT2D eigenvalue weighted by atomic mass is 10.2. The van der Waals surface area contributed by atoms with Crippen LogP contribution in [0.25, 0.3) is 0 Å². The van der Waals surface area contributed by atoms with Gasteiger partial charge in [-0.25, -0.2) is 0 Å². The van der Waals surface area contributed by atoms with Crippen LogP contribution in [-0.4, -0.2) is 37.9 Å². The van der Waals surface area contributed by atoms with Gasteiger partial charge in [0.2, 0.25) is 0 Å². The monoisotopic (exact) mass is 281 g/mol. The molecule has 1 aromatic heterocycles. The number of alkyl halides is 3. The van der Waals surface area contributed by atoms with E-state index in [2.05, 4.69) is 10.2 Å². The number of thioether (sulfide) groups is 1. The van der Waals surface area contributed by atoms with Crippen LogP contribution < -0.4 is 0 Å². The molecule has 0 fully saturated rings. The molecule has 18 heavy (non-hydrogen) atoms. The van der Waals surface area contributed by atoms with E-state index < -0.39 is 18.0 Å². The molecule has 1 atom stereocenters. The molecule has 2 heterocycles. The van der Waals surface area contributed by atoms with E-state index >= 15 is 0 Å². The van der Waals surface area contributed by atoms with Gasteiger partial charge in [0.05, 0.1) is 0 Å². The average Bonchev–Trinajstić information content (AvgIpc) is 2.53. The Labute approximate surface area is 107 Å². The Balaban J connectivity index is 2.00. The molecular formula is C10H14F3N3OS. The lowest BCUT2D eigenvalue weighted by molar-refractivity contribution is -0.195. The van der Waals surface area contributed by atoms with Crippen molar-refractivity contribution in [2.75, 3.05) is 5.75 Å². The summed E-state index contributed by atoms with van der Waals surface area (Å²) in [6, 6.07) is 0. The number of aliphatic hydroxyl groups excluding tert-OH is 1. The first-order valence-electron chi connectivity index (χ1n) is 5.78. The van der Waals surface area contributed by atoms with Crippen LogP contribution in [0.2, 0.25) is 0 Å². The van der Waals surface area contributed by atoms with E-state index in [4.69, 9.17) is 5.11 Å². The first-order valence-corrected chi connectivity index (χ1v) is 6.76. The predicted molar refractivity (Wildman–Crippen MR) is 60.4 cm³/mol. The van der Waals surface area contributed by atoms with Gasteiger partial charge >= 0.3 is 6.18 Å². The third-order valence-electron chi connectivity index (χ3n) is 2.82. The van der Waals surface area contributed by atoms with E-state index in [-0.39, 0.29) is 0 Å². The number of aryl methyl sites for hydroxylation is 1. The predicted octanol–water partition coefficient (Wildman–Crippen LogP) is 2.02. The number of rotatable bonds is 3. The smallest absolute Gasteiger partial charge is 0.383 e. The number of aliphatic hydroxyl groups is 1. The van der Waals surface area contributed by atoms with Crippen LogP contribution in [0.5, 0.6) is 0 Å². The highest BCUT2D eigenvalue weighted by Gasteiger charge is 2.38. The van der Waals surface area contributed by atoms with Crippen LogP contribution >= 0.6 is 11.8 Å². The largest absolute Gasteiger partial charge is 0.415 e. The molecule has 1 aliphatic heterocycles. The molecular weight excluding hydrogens is 267 g/mol. The van der Waals surface area contributed by atoms with Gasteiger partial charge in [-0.15, -0.1) is 10.2 Å². The molecule has 0 amide bonds. The zero-order valence-electron chi connectivity index (χ0n) is 9.65. The van der Waals surface area contributed by atoms with Crippen LogP contribution in [-0.2, 0) is 13.0 Å². The summed E-state index contributed by atoms with van der Waals surface area (Å²) in [5.41, 5.74) is 0. The minimum Gasteiger partial charge on any atom is -0.383 e. The summed E-state index contributed by atoms with van der Waals surface area (Å²) in [6.07, 6.45) is -2.96. The van der Waals surface area contributed by atoms with Crippen LogP contribution in [0.3, 0.4) is 0 Å². The summed E-state index contributed by atoms with van der Waals surface area (Å²) in [5, 5.41) is 17.3. The van der Waals surface area contributed by atoms with E-state index in [1.54, 1.807) is 0 Å². The highest BCUT2D eigenvalue weighted by atomic mass is 32.2. The maximum absolute atomic E-state index is 12.2. The van der Waals surface area contributed by atoms with Gasteiger partial charge in [0.1, 0.15) is 5.82 Å². The summed E-state index contributed by atoms with van der Waals surface area (Å²) in [7, 11) is 0. The fraction of sp³-hybridized carbons (Fsp3) is 0.800. The van der Waals surface area contributed by atoms with E-state index in [1.165, 1.54) is 0 Å². The van der Waals surface area contributed by atoms with E-state index in [1.807, 2.05) is 4.57 Å². The first-order chi connectivity index (χ1) is 8.48. The van der Waals surface area contributed by atoms with Gasteiger partial charge in [-0.1, -0.05) is 18.2 Å². The normalized spacial score (nSPS) is 18.2. The van der Waals surface area contributed by atoms with Gasteiger partial charge in [-0.2, -0.15) is 13.2 Å². The molecule has 2 rings (SSSR count). The SMILES string of the molecule is OC(CSc1nnc2n1CCCCC2)C(F)(F)F. The first kappa shape index (κ1) is 13.7. The molecule has 1 unspecified atom stereocenters. The summed E-state index contributed by atoms with van der Waals surface area (Å²) in [4.78, 5) is 0. The van der Waals surface area contributed by atoms with E-state index in [9.17, 15) is 13.2 Å². The molecule has 0 bridgehead atoms. The number of nitrogens with zero attached hydrogens (tertiary/aromatic N) is 3. The number of hydrogen-bond donors (Lipinski definition) is 1. The fourth-order valence-corrected chi connectivity index (χ4v) is 2.76. The van der Waals surface area contributed by atoms with Crippen molar-refractivity contribution in [1.29, 1.82) is 0 Å². The number of hydrogen-bond acceptors (Lipinski definition) is 4. The van der Waals surface area contributed by atoms with Crippen molar-refractivity contribution in [2.45, 2.75) is 49.7 Å². The second-order valence-electron chi connectivity index (χ2n) is 4.23. The third-order valence-corrected chi connectivity index (χ3v) is 3.87. The summed E-state index contributed by atoms with van der Waals surface area (Å²) < 4.78 is 38.4. The number of aromatic nitrogens is 3. The van der Waals surface area contributed by atoms with Gasteiger partial charge in [0.25, 0.3) is 0 Å². The van der Waals surface area contributed by atoms with Crippen molar-refractivity contribution < 1.29 is 18.3 Å². The summed E-state index contributed by atoms with van der Waals surface area (Å²) in [6.45, 7) is 0.743. The molecule has 1 aliphatic rings. The summed E-state index contributed by atoms with van der Waals surface area (Å²) in [5.74, 6) is 0.387. The zero-order chi connectivity index (χ0) is 13.2. The van der Waals surface area contributed by atoms with Crippen molar-refractivity contribution in [1.82, 2.24) is 14.8 Å². The van der Waals surface area contributed by atoms with Crippen molar-refractivity contribution >= 4 is 11.8 Å². The minimum atomic E-state index is -4.57. The molecule has 1 aromatic rings. The molecule has 0 radical (unpaired) electrons. The Morgan fingerprint density at radius 1 is 1.28 bits per heavy atom. The Morgan fingerprint density at radius 2 is 2.06 bits per heavy atom. The molecule has 0 spiro atoms. The molecule has 8 heteroatoms. The Kier molecular flexibility index (Phi) is 4.16. The molecule has 4 nitrogen and oxygen atoms in total. The Hall–Kier alpha value is -0.760. The molecule has 0 aliphatic carbocycles. The highest BCUT2D eigenvalue weighted by molar-refractivity contribution is 7.99. The molecule has 102 valence electrons.